The van der Waals surface area contributed by atoms with E-state index in [4.69, 9.17) is 5.11 Å². The molecule has 0 aromatic rings. The first-order chi connectivity index (χ1) is 10.0. The van der Waals surface area contributed by atoms with Crippen LogP contribution in [0.2, 0.25) is 0 Å². The quantitative estimate of drug-likeness (QED) is 0.776. The van der Waals surface area contributed by atoms with Gasteiger partial charge in [-0.25, -0.2) is 4.79 Å². The van der Waals surface area contributed by atoms with E-state index in [2.05, 4.69) is 12.2 Å². The molecule has 2 unspecified atom stereocenters. The SMILES string of the molecule is CCC(CC1CC1)NC(=O)N1CCN(C(C)C(=O)O)CC1. The van der Waals surface area contributed by atoms with Crippen LogP contribution < -0.4 is 5.32 Å². The molecule has 0 aromatic carbocycles. The first kappa shape index (κ1) is 16.1. The molecule has 0 bridgehead atoms. The molecule has 2 N–H and O–H groups in total. The maximum absolute atomic E-state index is 12.3. The minimum Gasteiger partial charge on any atom is -0.480 e. The Balaban J connectivity index is 1.75. The molecule has 1 aliphatic heterocycles. The number of hydrogen-bond donors (Lipinski definition) is 2. The summed E-state index contributed by atoms with van der Waals surface area (Å²) in [4.78, 5) is 26.9. The maximum atomic E-state index is 12.3. The normalized spacial score (nSPS) is 22.7. The van der Waals surface area contributed by atoms with Crippen molar-refractivity contribution in [2.75, 3.05) is 26.2 Å². The van der Waals surface area contributed by atoms with Gasteiger partial charge in [-0.2, -0.15) is 0 Å². The van der Waals surface area contributed by atoms with Crippen molar-refractivity contribution in [1.29, 1.82) is 0 Å². The average Bonchev–Trinajstić information content (AvgIpc) is 3.29. The minimum absolute atomic E-state index is 0.00475. The van der Waals surface area contributed by atoms with Gasteiger partial charge in [0.15, 0.2) is 0 Å². The zero-order chi connectivity index (χ0) is 15.4. The minimum atomic E-state index is -0.802. The van der Waals surface area contributed by atoms with Gasteiger partial charge < -0.3 is 15.3 Å². The van der Waals surface area contributed by atoms with Crippen LogP contribution in [0.3, 0.4) is 0 Å². The summed E-state index contributed by atoms with van der Waals surface area (Å²) in [6.07, 6.45) is 4.67. The molecule has 1 aliphatic carbocycles. The van der Waals surface area contributed by atoms with Gasteiger partial charge in [0.1, 0.15) is 6.04 Å². The predicted molar refractivity (Wildman–Crippen MR) is 80.2 cm³/mol. The molecular weight excluding hydrogens is 270 g/mol. The van der Waals surface area contributed by atoms with Crippen molar-refractivity contribution >= 4 is 12.0 Å². The second kappa shape index (κ2) is 7.11. The number of piperazine rings is 1. The Morgan fingerprint density at radius 2 is 1.86 bits per heavy atom. The Labute approximate surface area is 126 Å². The third kappa shape index (κ3) is 4.59. The first-order valence-electron chi connectivity index (χ1n) is 8.03. The van der Waals surface area contributed by atoms with Crippen LogP contribution in [0.1, 0.15) is 39.5 Å². The lowest BCUT2D eigenvalue weighted by Gasteiger charge is -2.37. The van der Waals surface area contributed by atoms with E-state index < -0.39 is 12.0 Å². The number of urea groups is 1. The summed E-state index contributed by atoms with van der Waals surface area (Å²) in [5, 5.41) is 12.1. The average molecular weight is 297 g/mol. The molecule has 120 valence electrons. The van der Waals surface area contributed by atoms with E-state index in [-0.39, 0.29) is 12.1 Å². The van der Waals surface area contributed by atoms with E-state index >= 15 is 0 Å². The molecular formula is C15H27N3O3. The molecule has 0 radical (unpaired) electrons. The van der Waals surface area contributed by atoms with E-state index in [1.54, 1.807) is 11.8 Å². The third-order valence-electron chi connectivity index (χ3n) is 4.64. The highest BCUT2D eigenvalue weighted by atomic mass is 16.4. The summed E-state index contributed by atoms with van der Waals surface area (Å²) < 4.78 is 0. The van der Waals surface area contributed by atoms with Crippen molar-refractivity contribution in [3.05, 3.63) is 0 Å². The van der Waals surface area contributed by atoms with Crippen molar-refractivity contribution in [2.24, 2.45) is 5.92 Å². The molecule has 21 heavy (non-hydrogen) atoms. The third-order valence-corrected chi connectivity index (χ3v) is 4.64. The Kier molecular flexibility index (Phi) is 5.45. The molecule has 1 saturated heterocycles. The van der Waals surface area contributed by atoms with Crippen LogP contribution in [-0.2, 0) is 4.79 Å². The van der Waals surface area contributed by atoms with E-state index in [9.17, 15) is 9.59 Å². The number of hydrogen-bond acceptors (Lipinski definition) is 3. The summed E-state index contributed by atoms with van der Waals surface area (Å²) in [5.41, 5.74) is 0. The summed E-state index contributed by atoms with van der Waals surface area (Å²) in [7, 11) is 0. The number of rotatable bonds is 6. The van der Waals surface area contributed by atoms with Crippen molar-refractivity contribution < 1.29 is 14.7 Å². The van der Waals surface area contributed by atoms with Crippen LogP contribution in [0.25, 0.3) is 0 Å². The van der Waals surface area contributed by atoms with E-state index in [1.165, 1.54) is 12.8 Å². The van der Waals surface area contributed by atoms with Gasteiger partial charge in [0.25, 0.3) is 0 Å². The topological polar surface area (TPSA) is 72.9 Å². The number of carbonyl (C=O) groups excluding carboxylic acids is 1. The number of nitrogens with zero attached hydrogens (tertiary/aromatic N) is 2. The van der Waals surface area contributed by atoms with Gasteiger partial charge in [-0.15, -0.1) is 0 Å². The van der Waals surface area contributed by atoms with Crippen LogP contribution in [0.5, 0.6) is 0 Å². The molecule has 0 spiro atoms. The van der Waals surface area contributed by atoms with Crippen molar-refractivity contribution in [1.82, 2.24) is 15.1 Å². The monoisotopic (exact) mass is 297 g/mol. The second-order valence-corrected chi connectivity index (χ2v) is 6.27. The highest BCUT2D eigenvalue weighted by Gasteiger charge is 2.29. The summed E-state index contributed by atoms with van der Waals surface area (Å²) in [6.45, 7) is 6.26. The van der Waals surface area contributed by atoms with Crippen LogP contribution in [0, 0.1) is 5.92 Å². The highest BCUT2D eigenvalue weighted by molar-refractivity contribution is 5.75. The first-order valence-corrected chi connectivity index (χ1v) is 8.03. The predicted octanol–water partition coefficient (Wildman–Crippen LogP) is 1.37. The van der Waals surface area contributed by atoms with Crippen LogP contribution in [0.4, 0.5) is 4.79 Å². The molecule has 1 heterocycles. The fourth-order valence-corrected chi connectivity index (χ4v) is 2.82. The summed E-state index contributed by atoms with van der Waals surface area (Å²) in [5.74, 6) is 0.00638. The molecule has 1 saturated carbocycles. The fourth-order valence-electron chi connectivity index (χ4n) is 2.82. The molecule has 0 aromatic heterocycles. The van der Waals surface area contributed by atoms with Crippen molar-refractivity contribution in [3.63, 3.8) is 0 Å². The summed E-state index contributed by atoms with van der Waals surface area (Å²) >= 11 is 0. The van der Waals surface area contributed by atoms with Crippen LogP contribution >= 0.6 is 0 Å². The van der Waals surface area contributed by atoms with Gasteiger partial charge in [0.05, 0.1) is 0 Å². The largest absolute Gasteiger partial charge is 0.480 e. The van der Waals surface area contributed by atoms with Crippen molar-refractivity contribution in [3.8, 4) is 0 Å². The number of amides is 2. The fraction of sp³-hybridized carbons (Fsp3) is 0.867. The lowest BCUT2D eigenvalue weighted by molar-refractivity contribution is -0.143. The van der Waals surface area contributed by atoms with Crippen LogP contribution in [-0.4, -0.2) is 65.2 Å². The number of carboxylic acid groups (broad SMARTS) is 1. The summed E-state index contributed by atoms with van der Waals surface area (Å²) in [6, 6.07) is -0.195. The molecule has 2 fully saturated rings. The zero-order valence-electron chi connectivity index (χ0n) is 13.0. The Morgan fingerprint density at radius 1 is 1.24 bits per heavy atom. The number of aliphatic carboxylic acids is 1. The Bertz CT molecular complexity index is 376. The molecule has 2 atom stereocenters. The van der Waals surface area contributed by atoms with Crippen LogP contribution in [0.15, 0.2) is 0 Å². The molecule has 2 aliphatic rings. The van der Waals surface area contributed by atoms with Gasteiger partial charge in [0.2, 0.25) is 0 Å². The Hall–Kier alpha value is -1.30. The number of nitrogens with one attached hydrogen (secondary N) is 1. The van der Waals surface area contributed by atoms with Gasteiger partial charge in [-0.05, 0) is 25.7 Å². The maximum Gasteiger partial charge on any atom is 0.320 e. The molecule has 2 amide bonds. The second-order valence-electron chi connectivity index (χ2n) is 6.27. The van der Waals surface area contributed by atoms with E-state index in [0.717, 1.165) is 18.8 Å². The molecule has 2 rings (SSSR count). The van der Waals surface area contributed by atoms with Gasteiger partial charge in [-0.1, -0.05) is 19.8 Å². The van der Waals surface area contributed by atoms with Gasteiger partial charge in [-0.3, -0.25) is 9.69 Å². The standard InChI is InChI=1S/C15H27N3O3/c1-3-13(10-12-4-5-12)16-15(21)18-8-6-17(7-9-18)11(2)14(19)20/h11-13H,3-10H2,1-2H3,(H,16,21)(H,19,20). The lowest BCUT2D eigenvalue weighted by Crippen LogP contribution is -2.56. The number of carboxylic acids is 1. The van der Waals surface area contributed by atoms with E-state index in [1.807, 2.05) is 4.90 Å². The zero-order valence-corrected chi connectivity index (χ0v) is 13.0. The smallest absolute Gasteiger partial charge is 0.320 e. The molecule has 6 heteroatoms. The highest BCUT2D eigenvalue weighted by Crippen LogP contribution is 2.34. The van der Waals surface area contributed by atoms with Crippen molar-refractivity contribution in [2.45, 2.75) is 51.6 Å². The van der Waals surface area contributed by atoms with E-state index in [0.29, 0.717) is 26.2 Å². The van der Waals surface area contributed by atoms with Gasteiger partial charge >= 0.3 is 12.0 Å². The number of carbonyl (C=O) groups is 2. The Morgan fingerprint density at radius 3 is 2.33 bits per heavy atom. The van der Waals surface area contributed by atoms with Gasteiger partial charge in [0, 0.05) is 32.2 Å². The lowest BCUT2D eigenvalue weighted by atomic mass is 10.1. The molecule has 6 nitrogen and oxygen atoms in total.